The van der Waals surface area contributed by atoms with Crippen molar-refractivity contribution in [2.24, 2.45) is 5.41 Å². The summed E-state index contributed by atoms with van der Waals surface area (Å²) in [5, 5.41) is 6.38. The highest BCUT2D eigenvalue weighted by atomic mass is 32.1. The first-order valence-corrected chi connectivity index (χ1v) is 8.65. The monoisotopic (exact) mass is 356 g/mol. The third-order valence-corrected chi connectivity index (χ3v) is 4.36. The molecule has 0 bridgehead atoms. The molecule has 0 aromatic carbocycles. The Morgan fingerprint density at radius 2 is 1.87 bits per heavy atom. The molecule has 5 nitrogen and oxygen atoms in total. The van der Waals surface area contributed by atoms with Gasteiger partial charge in [-0.1, -0.05) is 20.8 Å². The minimum absolute atomic E-state index is 0.119. The molecule has 0 saturated heterocycles. The highest BCUT2D eigenvalue weighted by Crippen LogP contribution is 2.33. The number of anilines is 1. The number of thiocarbonyl (C=S) groups is 1. The zero-order valence-electron chi connectivity index (χ0n) is 14.5. The predicted molar refractivity (Wildman–Crippen MR) is 98.2 cm³/mol. The summed E-state index contributed by atoms with van der Waals surface area (Å²) in [5.41, 5.74) is 1.22. The van der Waals surface area contributed by atoms with E-state index in [9.17, 15) is 9.59 Å². The summed E-state index contributed by atoms with van der Waals surface area (Å²) in [4.78, 5) is 25.0. The molecular weight excluding hydrogens is 332 g/mol. The van der Waals surface area contributed by atoms with Gasteiger partial charge in [-0.3, -0.25) is 4.79 Å². The van der Waals surface area contributed by atoms with Gasteiger partial charge in [0.05, 0.1) is 12.2 Å². The molecule has 0 aliphatic heterocycles. The predicted octanol–water partition coefficient (Wildman–Crippen LogP) is 3.79. The zero-order valence-corrected chi connectivity index (χ0v) is 16.1. The summed E-state index contributed by atoms with van der Waals surface area (Å²) in [6.45, 7) is 11.8. The number of carbonyl (C=O) groups is 2. The standard InChI is InChI=1S/C16H24N2O3S2/c1-7-21-14(20)12-9(2)10(3)23-13(12)18-15(22)17-11(19)8-16(4,5)6/h7-8H2,1-6H3,(H2,17,18,19,22). The molecule has 0 unspecified atom stereocenters. The molecule has 1 amide bonds. The fourth-order valence-electron chi connectivity index (χ4n) is 1.95. The molecule has 0 radical (unpaired) electrons. The van der Waals surface area contributed by atoms with Gasteiger partial charge in [-0.05, 0) is 44.0 Å². The maximum Gasteiger partial charge on any atom is 0.341 e. The lowest BCUT2D eigenvalue weighted by atomic mass is 9.92. The van der Waals surface area contributed by atoms with Crippen LogP contribution in [0.4, 0.5) is 5.00 Å². The Labute approximate surface area is 146 Å². The second-order valence-corrected chi connectivity index (χ2v) is 8.08. The van der Waals surface area contributed by atoms with Crippen molar-refractivity contribution < 1.29 is 14.3 Å². The van der Waals surface area contributed by atoms with Gasteiger partial charge in [0.1, 0.15) is 5.00 Å². The van der Waals surface area contributed by atoms with Crippen molar-refractivity contribution in [2.75, 3.05) is 11.9 Å². The SMILES string of the molecule is CCOC(=O)c1c(NC(=S)NC(=O)CC(C)(C)C)sc(C)c1C. The van der Waals surface area contributed by atoms with E-state index in [1.54, 1.807) is 6.92 Å². The Morgan fingerprint density at radius 1 is 1.26 bits per heavy atom. The van der Waals surface area contributed by atoms with Crippen LogP contribution >= 0.6 is 23.6 Å². The number of ether oxygens (including phenoxy) is 1. The van der Waals surface area contributed by atoms with Crippen LogP contribution in [0.15, 0.2) is 0 Å². The number of esters is 1. The van der Waals surface area contributed by atoms with Gasteiger partial charge >= 0.3 is 5.97 Å². The summed E-state index contributed by atoms with van der Waals surface area (Å²) in [7, 11) is 0. The summed E-state index contributed by atoms with van der Waals surface area (Å²) < 4.78 is 5.09. The second kappa shape index (κ2) is 7.88. The van der Waals surface area contributed by atoms with Crippen LogP contribution in [0.5, 0.6) is 0 Å². The Morgan fingerprint density at radius 3 is 2.39 bits per heavy atom. The van der Waals surface area contributed by atoms with Crippen molar-refractivity contribution in [1.82, 2.24) is 5.32 Å². The lowest BCUT2D eigenvalue weighted by Crippen LogP contribution is -2.36. The number of thiophene rings is 1. The summed E-state index contributed by atoms with van der Waals surface area (Å²) in [6.07, 6.45) is 0.363. The molecule has 23 heavy (non-hydrogen) atoms. The molecular formula is C16H24N2O3S2. The molecule has 1 aromatic rings. The molecule has 2 N–H and O–H groups in total. The van der Waals surface area contributed by atoms with Crippen molar-refractivity contribution in [1.29, 1.82) is 0 Å². The van der Waals surface area contributed by atoms with Crippen molar-refractivity contribution in [3.05, 3.63) is 16.0 Å². The van der Waals surface area contributed by atoms with Crippen molar-refractivity contribution in [3.8, 4) is 0 Å². The van der Waals surface area contributed by atoms with Crippen molar-refractivity contribution >= 4 is 45.5 Å². The van der Waals surface area contributed by atoms with E-state index in [1.165, 1.54) is 11.3 Å². The van der Waals surface area contributed by atoms with Crippen LogP contribution in [0.1, 0.15) is 54.9 Å². The third-order valence-electron chi connectivity index (χ3n) is 3.04. The van der Waals surface area contributed by atoms with Gasteiger partial charge < -0.3 is 15.4 Å². The number of nitrogens with one attached hydrogen (secondary N) is 2. The van der Waals surface area contributed by atoms with Gasteiger partial charge in [0.25, 0.3) is 0 Å². The molecule has 0 fully saturated rings. The Balaban J connectivity index is 2.85. The zero-order chi connectivity index (χ0) is 17.8. The molecule has 0 aliphatic carbocycles. The fourth-order valence-corrected chi connectivity index (χ4v) is 3.28. The molecule has 0 saturated carbocycles. The van der Waals surface area contributed by atoms with E-state index in [0.717, 1.165) is 10.4 Å². The molecule has 1 heterocycles. The van der Waals surface area contributed by atoms with E-state index in [-0.39, 0.29) is 22.4 Å². The molecule has 1 rings (SSSR count). The minimum Gasteiger partial charge on any atom is -0.462 e. The van der Waals surface area contributed by atoms with Crippen LogP contribution in [0.25, 0.3) is 0 Å². The van der Waals surface area contributed by atoms with Crippen molar-refractivity contribution in [3.63, 3.8) is 0 Å². The van der Waals surface area contributed by atoms with Crippen LogP contribution < -0.4 is 10.6 Å². The van der Waals surface area contributed by atoms with E-state index in [2.05, 4.69) is 10.6 Å². The first-order chi connectivity index (χ1) is 10.5. The lowest BCUT2D eigenvalue weighted by molar-refractivity contribution is -0.121. The highest BCUT2D eigenvalue weighted by molar-refractivity contribution is 7.80. The number of hydrogen-bond donors (Lipinski definition) is 2. The van der Waals surface area contributed by atoms with Crippen LogP contribution in [0.2, 0.25) is 0 Å². The average Bonchev–Trinajstić information content (AvgIpc) is 2.62. The normalized spacial score (nSPS) is 11.0. The maximum atomic E-state index is 12.1. The highest BCUT2D eigenvalue weighted by Gasteiger charge is 2.22. The Bertz CT molecular complexity index is 616. The summed E-state index contributed by atoms with van der Waals surface area (Å²) >= 11 is 6.59. The topological polar surface area (TPSA) is 67.4 Å². The van der Waals surface area contributed by atoms with E-state index in [1.807, 2.05) is 34.6 Å². The average molecular weight is 357 g/mol. The minimum atomic E-state index is -0.388. The number of hydrogen-bond acceptors (Lipinski definition) is 5. The molecule has 0 spiro atoms. The molecule has 1 aromatic heterocycles. The third kappa shape index (κ3) is 5.91. The van der Waals surface area contributed by atoms with E-state index in [0.29, 0.717) is 23.6 Å². The Kier molecular flexibility index (Phi) is 6.70. The fraction of sp³-hybridized carbons (Fsp3) is 0.562. The van der Waals surface area contributed by atoms with E-state index >= 15 is 0 Å². The first kappa shape index (κ1) is 19.6. The number of carbonyl (C=O) groups excluding carboxylic acids is 2. The largest absolute Gasteiger partial charge is 0.462 e. The van der Waals surface area contributed by atoms with Crippen LogP contribution in [-0.2, 0) is 9.53 Å². The van der Waals surface area contributed by atoms with Gasteiger partial charge in [0.2, 0.25) is 5.91 Å². The van der Waals surface area contributed by atoms with E-state index < -0.39 is 0 Å². The van der Waals surface area contributed by atoms with Gasteiger partial charge in [-0.25, -0.2) is 4.79 Å². The molecule has 0 atom stereocenters. The quantitative estimate of drug-likeness (QED) is 0.634. The van der Waals surface area contributed by atoms with Crippen LogP contribution in [0, 0.1) is 19.3 Å². The number of amides is 1. The maximum absolute atomic E-state index is 12.1. The number of aryl methyl sites for hydroxylation is 1. The summed E-state index contributed by atoms with van der Waals surface area (Å²) in [5.74, 6) is -0.543. The smallest absolute Gasteiger partial charge is 0.341 e. The Hall–Kier alpha value is -1.47. The second-order valence-electron chi connectivity index (χ2n) is 6.45. The van der Waals surface area contributed by atoms with Crippen molar-refractivity contribution in [2.45, 2.75) is 48.0 Å². The van der Waals surface area contributed by atoms with E-state index in [4.69, 9.17) is 17.0 Å². The molecule has 0 aliphatic rings. The van der Waals surface area contributed by atoms with Gasteiger partial charge in [-0.2, -0.15) is 0 Å². The molecule has 128 valence electrons. The van der Waals surface area contributed by atoms with Crippen LogP contribution in [-0.4, -0.2) is 23.6 Å². The van der Waals surface area contributed by atoms with Gasteiger partial charge in [-0.15, -0.1) is 11.3 Å². The first-order valence-electron chi connectivity index (χ1n) is 7.43. The molecule has 7 heteroatoms. The van der Waals surface area contributed by atoms with Gasteiger partial charge in [0.15, 0.2) is 5.11 Å². The van der Waals surface area contributed by atoms with Crippen LogP contribution in [0.3, 0.4) is 0 Å². The number of rotatable bonds is 4. The summed E-state index contributed by atoms with van der Waals surface area (Å²) in [6, 6.07) is 0. The lowest BCUT2D eigenvalue weighted by Gasteiger charge is -2.17. The van der Waals surface area contributed by atoms with Gasteiger partial charge in [0, 0.05) is 11.3 Å².